The lowest BCUT2D eigenvalue weighted by Gasteiger charge is -1.98. The van der Waals surface area contributed by atoms with Gasteiger partial charge in [0.25, 0.3) is 0 Å². The molecule has 0 amide bonds. The topological polar surface area (TPSA) is 79.4 Å². The summed E-state index contributed by atoms with van der Waals surface area (Å²) in [5, 5.41) is 15.7. The van der Waals surface area contributed by atoms with E-state index in [2.05, 4.69) is 30.1 Å². The Hall–Kier alpha value is -1.34. The lowest BCUT2D eigenvalue weighted by Crippen LogP contribution is -2.17. The molecule has 0 bridgehead atoms. The standard InChI is InChI=1S/C7H10N6S/c1(7-9-5-10-12-7)2-8-3-6-4-14-13-11-6/h4-5,8H,1-3H2,(H,9,10,12). The summed E-state index contributed by atoms with van der Waals surface area (Å²) in [5.41, 5.74) is 0.979. The molecule has 2 N–H and O–H groups in total. The lowest BCUT2D eigenvalue weighted by atomic mass is 10.4. The van der Waals surface area contributed by atoms with Crippen molar-refractivity contribution < 1.29 is 0 Å². The van der Waals surface area contributed by atoms with Gasteiger partial charge in [-0.2, -0.15) is 5.10 Å². The average molecular weight is 210 g/mol. The van der Waals surface area contributed by atoms with Crippen molar-refractivity contribution in [2.45, 2.75) is 13.0 Å². The maximum atomic E-state index is 4.02. The lowest BCUT2D eigenvalue weighted by molar-refractivity contribution is 0.659. The van der Waals surface area contributed by atoms with Crippen LogP contribution in [0.5, 0.6) is 0 Å². The van der Waals surface area contributed by atoms with E-state index in [9.17, 15) is 0 Å². The van der Waals surface area contributed by atoms with Gasteiger partial charge in [-0.25, -0.2) is 4.98 Å². The van der Waals surface area contributed by atoms with Crippen LogP contribution in [-0.4, -0.2) is 31.3 Å². The number of H-pyrrole nitrogens is 1. The van der Waals surface area contributed by atoms with Crippen LogP contribution in [0.15, 0.2) is 11.7 Å². The molecule has 74 valence electrons. The van der Waals surface area contributed by atoms with Crippen molar-refractivity contribution in [2.75, 3.05) is 6.54 Å². The Morgan fingerprint density at radius 2 is 2.50 bits per heavy atom. The van der Waals surface area contributed by atoms with E-state index in [0.29, 0.717) is 0 Å². The molecule has 0 radical (unpaired) electrons. The number of aromatic nitrogens is 5. The van der Waals surface area contributed by atoms with Crippen LogP contribution in [0.3, 0.4) is 0 Å². The molecule has 0 aliphatic heterocycles. The number of nitrogens with one attached hydrogen (secondary N) is 2. The molecule has 2 rings (SSSR count). The van der Waals surface area contributed by atoms with E-state index in [1.807, 2.05) is 5.38 Å². The Kier molecular flexibility index (Phi) is 3.15. The highest BCUT2D eigenvalue weighted by Gasteiger charge is 1.97. The predicted molar refractivity (Wildman–Crippen MR) is 51.7 cm³/mol. The summed E-state index contributed by atoms with van der Waals surface area (Å²) in [6, 6.07) is 0. The first kappa shape index (κ1) is 9.22. The Morgan fingerprint density at radius 1 is 1.50 bits per heavy atom. The summed E-state index contributed by atoms with van der Waals surface area (Å²) in [7, 11) is 0. The molecule has 7 heteroatoms. The van der Waals surface area contributed by atoms with Crippen LogP contribution in [0.2, 0.25) is 0 Å². The molecule has 14 heavy (non-hydrogen) atoms. The van der Waals surface area contributed by atoms with Gasteiger partial charge in [-0.1, -0.05) is 4.49 Å². The zero-order valence-corrected chi connectivity index (χ0v) is 8.29. The van der Waals surface area contributed by atoms with Gasteiger partial charge in [-0.15, -0.1) is 5.10 Å². The van der Waals surface area contributed by atoms with Crippen molar-refractivity contribution in [1.29, 1.82) is 0 Å². The van der Waals surface area contributed by atoms with Gasteiger partial charge in [0.05, 0.1) is 5.69 Å². The minimum absolute atomic E-state index is 0.755. The van der Waals surface area contributed by atoms with Gasteiger partial charge >= 0.3 is 0 Å². The molecule has 2 aromatic heterocycles. The van der Waals surface area contributed by atoms with Crippen molar-refractivity contribution in [1.82, 2.24) is 30.1 Å². The van der Waals surface area contributed by atoms with Gasteiger partial charge < -0.3 is 5.32 Å². The van der Waals surface area contributed by atoms with Crippen LogP contribution in [0.1, 0.15) is 11.5 Å². The number of nitrogens with zero attached hydrogens (tertiary/aromatic N) is 4. The third-order valence-electron chi connectivity index (χ3n) is 1.71. The Morgan fingerprint density at radius 3 is 3.21 bits per heavy atom. The van der Waals surface area contributed by atoms with Crippen LogP contribution in [0.25, 0.3) is 0 Å². The fourth-order valence-corrected chi connectivity index (χ4v) is 1.49. The van der Waals surface area contributed by atoms with Crippen LogP contribution in [0, 0.1) is 0 Å². The summed E-state index contributed by atoms with van der Waals surface area (Å²) in [5.74, 6) is 0.897. The van der Waals surface area contributed by atoms with Gasteiger partial charge in [0.1, 0.15) is 12.2 Å². The maximum absolute atomic E-state index is 4.02. The highest BCUT2D eigenvalue weighted by Crippen LogP contribution is 1.95. The molecule has 2 aromatic rings. The van der Waals surface area contributed by atoms with Crippen molar-refractivity contribution in [3.8, 4) is 0 Å². The molecular weight excluding hydrogens is 200 g/mol. The Balaban J connectivity index is 1.65. The largest absolute Gasteiger partial charge is 0.311 e. The fourth-order valence-electron chi connectivity index (χ4n) is 1.04. The second-order valence-electron chi connectivity index (χ2n) is 2.76. The number of hydrogen-bond donors (Lipinski definition) is 2. The Labute approximate surface area is 84.9 Å². The molecule has 0 saturated heterocycles. The van der Waals surface area contributed by atoms with E-state index >= 15 is 0 Å². The Bertz CT molecular complexity index is 306. The molecular formula is C7H10N6S. The molecule has 0 aromatic carbocycles. The van der Waals surface area contributed by atoms with Crippen molar-refractivity contribution in [2.24, 2.45) is 0 Å². The second-order valence-corrected chi connectivity index (χ2v) is 3.37. The molecule has 2 heterocycles. The fraction of sp³-hybridized carbons (Fsp3) is 0.429. The van der Waals surface area contributed by atoms with Gasteiger partial charge in [-0.3, -0.25) is 5.10 Å². The third kappa shape index (κ3) is 2.57. The summed E-state index contributed by atoms with van der Waals surface area (Å²) >= 11 is 1.37. The first-order valence-electron chi connectivity index (χ1n) is 4.26. The molecule has 0 saturated carbocycles. The zero-order chi connectivity index (χ0) is 9.64. The predicted octanol–water partition coefficient (Wildman–Crippen LogP) is -0.0115. The van der Waals surface area contributed by atoms with E-state index in [0.717, 1.165) is 31.0 Å². The first-order valence-corrected chi connectivity index (χ1v) is 5.09. The molecule has 6 nitrogen and oxygen atoms in total. The number of rotatable bonds is 5. The van der Waals surface area contributed by atoms with Gasteiger partial charge in [0.2, 0.25) is 0 Å². The van der Waals surface area contributed by atoms with E-state index in [4.69, 9.17) is 0 Å². The zero-order valence-electron chi connectivity index (χ0n) is 7.47. The van der Waals surface area contributed by atoms with E-state index in [-0.39, 0.29) is 0 Å². The SMILES string of the molecule is c1n[nH]c(CCNCc2csnn2)n1. The van der Waals surface area contributed by atoms with Crippen LogP contribution in [-0.2, 0) is 13.0 Å². The minimum atomic E-state index is 0.755. The van der Waals surface area contributed by atoms with Gasteiger partial charge in [-0.05, 0) is 11.5 Å². The normalized spacial score (nSPS) is 10.6. The monoisotopic (exact) mass is 210 g/mol. The molecule has 0 aliphatic carbocycles. The summed E-state index contributed by atoms with van der Waals surface area (Å²) in [4.78, 5) is 4.02. The quantitative estimate of drug-likeness (QED) is 0.678. The van der Waals surface area contributed by atoms with E-state index < -0.39 is 0 Å². The third-order valence-corrected chi connectivity index (χ3v) is 2.27. The second kappa shape index (κ2) is 4.77. The van der Waals surface area contributed by atoms with Crippen molar-refractivity contribution in [3.05, 3.63) is 23.2 Å². The average Bonchev–Trinajstić information content (AvgIpc) is 2.86. The van der Waals surface area contributed by atoms with Gasteiger partial charge in [0.15, 0.2) is 0 Å². The maximum Gasteiger partial charge on any atom is 0.137 e. The van der Waals surface area contributed by atoms with Crippen LogP contribution < -0.4 is 5.32 Å². The number of aromatic amines is 1. The smallest absolute Gasteiger partial charge is 0.137 e. The van der Waals surface area contributed by atoms with Crippen molar-refractivity contribution in [3.63, 3.8) is 0 Å². The minimum Gasteiger partial charge on any atom is -0.311 e. The van der Waals surface area contributed by atoms with Crippen LogP contribution in [0.4, 0.5) is 0 Å². The molecule has 0 fully saturated rings. The molecule has 0 atom stereocenters. The highest BCUT2D eigenvalue weighted by atomic mass is 32.1. The summed E-state index contributed by atoms with van der Waals surface area (Å²) < 4.78 is 3.77. The first-order chi connectivity index (χ1) is 6.95. The van der Waals surface area contributed by atoms with Crippen LogP contribution >= 0.6 is 11.5 Å². The summed E-state index contributed by atoms with van der Waals surface area (Å²) in [6.07, 6.45) is 2.36. The molecule has 0 unspecified atom stereocenters. The molecule has 0 aliphatic rings. The number of hydrogen-bond acceptors (Lipinski definition) is 6. The van der Waals surface area contributed by atoms with E-state index in [1.54, 1.807) is 0 Å². The summed E-state index contributed by atoms with van der Waals surface area (Å²) in [6.45, 7) is 1.61. The van der Waals surface area contributed by atoms with Crippen molar-refractivity contribution >= 4 is 11.5 Å². The van der Waals surface area contributed by atoms with Gasteiger partial charge in [0, 0.05) is 24.9 Å². The highest BCUT2D eigenvalue weighted by molar-refractivity contribution is 7.03. The molecule has 0 spiro atoms. The van der Waals surface area contributed by atoms with E-state index in [1.165, 1.54) is 17.9 Å².